The summed E-state index contributed by atoms with van der Waals surface area (Å²) in [4.78, 5) is 22.2. The molecular formula is C9H18BN2O2. The van der Waals surface area contributed by atoms with E-state index in [4.69, 9.17) is 0 Å². The van der Waals surface area contributed by atoms with Crippen molar-refractivity contribution in [1.29, 1.82) is 0 Å². The molecule has 0 atom stereocenters. The topological polar surface area (TPSA) is 58.2 Å². The molecule has 2 N–H and O–H groups in total. The van der Waals surface area contributed by atoms with Crippen molar-refractivity contribution in [3.05, 3.63) is 6.42 Å². The van der Waals surface area contributed by atoms with Crippen LogP contribution in [-0.2, 0) is 9.59 Å². The highest BCUT2D eigenvalue weighted by molar-refractivity contribution is 6.59. The van der Waals surface area contributed by atoms with Gasteiger partial charge < -0.3 is 10.5 Å². The standard InChI is InChI=1S/C9H18BN2O2/c1-4-7-10(11-8(13)5-2)12-9(14)6-3/h4H,5-7H2,1-3H3,(H,11,13)(H,12,14). The van der Waals surface area contributed by atoms with E-state index in [-0.39, 0.29) is 18.8 Å². The second-order valence-electron chi connectivity index (χ2n) is 3.04. The zero-order valence-corrected chi connectivity index (χ0v) is 9.09. The zero-order chi connectivity index (χ0) is 11.0. The van der Waals surface area contributed by atoms with Crippen molar-refractivity contribution in [2.45, 2.75) is 39.9 Å². The van der Waals surface area contributed by atoms with E-state index < -0.39 is 0 Å². The number of carbonyl (C=O) groups excluding carboxylic acids is 2. The molecule has 14 heavy (non-hydrogen) atoms. The molecule has 0 aliphatic carbocycles. The maximum absolute atomic E-state index is 11.1. The minimum atomic E-state index is -0.264. The first kappa shape index (κ1) is 13.0. The van der Waals surface area contributed by atoms with E-state index >= 15 is 0 Å². The fraction of sp³-hybridized carbons (Fsp3) is 0.667. The molecule has 0 bridgehead atoms. The number of rotatable bonds is 6. The van der Waals surface area contributed by atoms with Crippen LogP contribution in [0.5, 0.6) is 0 Å². The molecule has 0 rings (SSSR count). The van der Waals surface area contributed by atoms with Crippen LogP contribution < -0.4 is 10.5 Å². The summed E-state index contributed by atoms with van der Waals surface area (Å²) in [6.45, 7) is 5.19. The summed E-state index contributed by atoms with van der Waals surface area (Å²) in [5.74, 6) is -0.0958. The molecule has 5 heteroatoms. The molecule has 0 aromatic heterocycles. The van der Waals surface area contributed by atoms with Gasteiger partial charge in [0.2, 0.25) is 11.8 Å². The van der Waals surface area contributed by atoms with Crippen molar-refractivity contribution < 1.29 is 9.59 Å². The van der Waals surface area contributed by atoms with Crippen molar-refractivity contribution >= 4 is 18.8 Å². The summed E-state index contributed by atoms with van der Waals surface area (Å²) in [5, 5.41) is 5.46. The summed E-state index contributed by atoms with van der Waals surface area (Å²) in [6, 6.07) is 0. The largest absolute Gasteiger partial charge is 0.380 e. The highest BCUT2D eigenvalue weighted by Crippen LogP contribution is 1.91. The van der Waals surface area contributed by atoms with Gasteiger partial charge in [-0.1, -0.05) is 20.8 Å². The van der Waals surface area contributed by atoms with E-state index in [1.807, 2.05) is 13.3 Å². The van der Waals surface area contributed by atoms with E-state index in [0.29, 0.717) is 19.2 Å². The Kier molecular flexibility index (Phi) is 6.89. The van der Waals surface area contributed by atoms with Crippen molar-refractivity contribution in [1.82, 2.24) is 10.5 Å². The third-order valence-corrected chi connectivity index (χ3v) is 1.78. The summed E-state index contributed by atoms with van der Waals surface area (Å²) < 4.78 is 0. The normalized spacial score (nSPS) is 9.36. The van der Waals surface area contributed by atoms with Crippen LogP contribution in [0.25, 0.3) is 0 Å². The van der Waals surface area contributed by atoms with Gasteiger partial charge in [-0.3, -0.25) is 9.59 Å². The summed E-state index contributed by atoms with van der Waals surface area (Å²) >= 11 is 0. The van der Waals surface area contributed by atoms with Crippen LogP contribution >= 0.6 is 0 Å². The Morgan fingerprint density at radius 1 is 1.14 bits per heavy atom. The Labute approximate surface area is 85.9 Å². The quantitative estimate of drug-likeness (QED) is 0.617. The Morgan fingerprint density at radius 2 is 1.57 bits per heavy atom. The Morgan fingerprint density at radius 3 is 1.86 bits per heavy atom. The van der Waals surface area contributed by atoms with Crippen LogP contribution in [0.1, 0.15) is 33.6 Å². The molecule has 0 aliphatic heterocycles. The maximum atomic E-state index is 11.1. The van der Waals surface area contributed by atoms with Gasteiger partial charge in [-0.05, 0) is 12.7 Å². The highest BCUT2D eigenvalue weighted by Gasteiger charge is 2.18. The number of carbonyl (C=O) groups is 2. The molecule has 0 saturated carbocycles. The average molecular weight is 197 g/mol. The van der Waals surface area contributed by atoms with Gasteiger partial charge >= 0.3 is 6.98 Å². The Balaban J connectivity index is 4.00. The second kappa shape index (κ2) is 7.41. The summed E-state index contributed by atoms with van der Waals surface area (Å²) in [5.41, 5.74) is 0. The first-order valence-electron chi connectivity index (χ1n) is 5.00. The summed E-state index contributed by atoms with van der Waals surface area (Å²) in [6.07, 6.45) is 3.43. The van der Waals surface area contributed by atoms with Gasteiger partial charge in [0, 0.05) is 12.8 Å². The molecule has 4 nitrogen and oxygen atoms in total. The SMILES string of the molecule is C[CH]CB(NC(=O)CC)NC(=O)CC. The molecule has 2 amide bonds. The second-order valence-corrected chi connectivity index (χ2v) is 3.04. The van der Waals surface area contributed by atoms with Gasteiger partial charge in [0.25, 0.3) is 0 Å². The van der Waals surface area contributed by atoms with Gasteiger partial charge in [-0.15, -0.1) is 0 Å². The monoisotopic (exact) mass is 197 g/mol. The van der Waals surface area contributed by atoms with Crippen molar-refractivity contribution in [2.24, 2.45) is 0 Å². The van der Waals surface area contributed by atoms with E-state index in [0.717, 1.165) is 0 Å². The van der Waals surface area contributed by atoms with E-state index in [9.17, 15) is 9.59 Å². The molecule has 0 aromatic rings. The molecule has 0 unspecified atom stereocenters. The molecular weight excluding hydrogens is 179 g/mol. The fourth-order valence-electron chi connectivity index (χ4n) is 0.982. The predicted octanol–water partition coefficient (Wildman–Crippen LogP) is 0.751. The molecule has 0 saturated heterocycles. The molecule has 0 fully saturated rings. The lowest BCUT2D eigenvalue weighted by atomic mass is 9.71. The average Bonchev–Trinajstić information content (AvgIpc) is 2.17. The Hall–Kier alpha value is -0.995. The third kappa shape index (κ3) is 5.62. The van der Waals surface area contributed by atoms with Crippen molar-refractivity contribution in [2.75, 3.05) is 0 Å². The van der Waals surface area contributed by atoms with E-state index in [1.165, 1.54) is 0 Å². The lowest BCUT2D eigenvalue weighted by molar-refractivity contribution is -0.119. The van der Waals surface area contributed by atoms with Crippen LogP contribution in [0.2, 0.25) is 6.32 Å². The number of amides is 2. The molecule has 0 aromatic carbocycles. The van der Waals surface area contributed by atoms with Crippen LogP contribution in [0.15, 0.2) is 0 Å². The first-order valence-corrected chi connectivity index (χ1v) is 5.00. The van der Waals surface area contributed by atoms with Gasteiger partial charge in [-0.25, -0.2) is 0 Å². The third-order valence-electron chi connectivity index (χ3n) is 1.78. The van der Waals surface area contributed by atoms with E-state index in [2.05, 4.69) is 10.5 Å². The zero-order valence-electron chi connectivity index (χ0n) is 9.09. The van der Waals surface area contributed by atoms with Gasteiger partial charge in [0.15, 0.2) is 0 Å². The van der Waals surface area contributed by atoms with Gasteiger partial charge in [0.1, 0.15) is 0 Å². The van der Waals surface area contributed by atoms with Crippen LogP contribution in [0, 0.1) is 6.42 Å². The minimum absolute atomic E-state index is 0.0479. The molecule has 0 heterocycles. The summed E-state index contributed by atoms with van der Waals surface area (Å²) in [7, 11) is 0. The van der Waals surface area contributed by atoms with Gasteiger partial charge in [-0.2, -0.15) is 0 Å². The molecule has 0 aliphatic rings. The smallest absolute Gasteiger partial charge is 0.374 e. The fourth-order valence-corrected chi connectivity index (χ4v) is 0.982. The first-order chi connectivity index (χ1) is 6.63. The Bertz CT molecular complexity index is 179. The van der Waals surface area contributed by atoms with E-state index in [1.54, 1.807) is 13.8 Å². The van der Waals surface area contributed by atoms with Crippen molar-refractivity contribution in [3.8, 4) is 0 Å². The lowest BCUT2D eigenvalue weighted by Gasteiger charge is -2.14. The number of nitrogens with one attached hydrogen (secondary N) is 2. The van der Waals surface area contributed by atoms with Crippen LogP contribution in [0.3, 0.4) is 0 Å². The number of hydrogen-bond donors (Lipinski definition) is 2. The van der Waals surface area contributed by atoms with Crippen molar-refractivity contribution in [3.63, 3.8) is 0 Å². The number of hydrogen-bond acceptors (Lipinski definition) is 2. The molecule has 1 radical (unpaired) electrons. The molecule has 0 spiro atoms. The molecule has 79 valence electrons. The van der Waals surface area contributed by atoms with Crippen LogP contribution in [-0.4, -0.2) is 18.8 Å². The predicted molar refractivity (Wildman–Crippen MR) is 57.4 cm³/mol. The maximum Gasteiger partial charge on any atom is 0.374 e. The van der Waals surface area contributed by atoms with Crippen LogP contribution in [0.4, 0.5) is 0 Å². The van der Waals surface area contributed by atoms with Gasteiger partial charge in [0.05, 0.1) is 0 Å². The minimum Gasteiger partial charge on any atom is -0.380 e. The lowest BCUT2D eigenvalue weighted by Crippen LogP contribution is -2.52. The highest BCUT2D eigenvalue weighted by atomic mass is 16.2.